The molecule has 1 heterocycles. The Hall–Kier alpha value is -1.05. The molecule has 0 aromatic heterocycles. The van der Waals surface area contributed by atoms with Gasteiger partial charge in [0, 0.05) is 11.5 Å². The molecule has 2 heteroatoms. The van der Waals surface area contributed by atoms with E-state index in [-0.39, 0.29) is 11.2 Å². The van der Waals surface area contributed by atoms with Crippen LogP contribution < -0.4 is 5.32 Å². The summed E-state index contributed by atoms with van der Waals surface area (Å²) < 4.78 is 13.7. The molecular formula is C14H18FN. The fourth-order valence-corrected chi connectivity index (χ4v) is 3.56. The van der Waals surface area contributed by atoms with Crippen molar-refractivity contribution in [2.24, 2.45) is 0 Å². The summed E-state index contributed by atoms with van der Waals surface area (Å²) in [6.07, 6.45) is 6.30. The molecule has 1 atom stereocenters. The summed E-state index contributed by atoms with van der Waals surface area (Å²) in [6, 6.07) is 5.89. The molecule has 86 valence electrons. The van der Waals surface area contributed by atoms with Crippen molar-refractivity contribution >= 4 is 5.69 Å². The van der Waals surface area contributed by atoms with E-state index in [0.29, 0.717) is 6.04 Å². The van der Waals surface area contributed by atoms with E-state index in [1.807, 2.05) is 6.07 Å². The van der Waals surface area contributed by atoms with Gasteiger partial charge >= 0.3 is 0 Å². The molecule has 3 rings (SSSR count). The zero-order valence-electron chi connectivity index (χ0n) is 9.72. The highest BCUT2D eigenvalue weighted by Gasteiger charge is 2.45. The first kappa shape index (κ1) is 10.1. The molecule has 1 saturated carbocycles. The van der Waals surface area contributed by atoms with E-state index < -0.39 is 0 Å². The van der Waals surface area contributed by atoms with Gasteiger partial charge in [-0.05, 0) is 31.4 Å². The van der Waals surface area contributed by atoms with E-state index in [9.17, 15) is 4.39 Å². The molecule has 1 fully saturated rings. The lowest BCUT2D eigenvalue weighted by Gasteiger charge is -2.37. The van der Waals surface area contributed by atoms with Crippen LogP contribution in [0.4, 0.5) is 10.1 Å². The topological polar surface area (TPSA) is 12.0 Å². The van der Waals surface area contributed by atoms with Crippen LogP contribution in [0.1, 0.15) is 44.6 Å². The van der Waals surface area contributed by atoms with Crippen LogP contribution in [0.5, 0.6) is 0 Å². The van der Waals surface area contributed by atoms with Crippen LogP contribution >= 0.6 is 0 Å². The predicted octanol–water partition coefficient (Wildman–Crippen LogP) is 3.84. The number of hydrogen-bond donors (Lipinski definition) is 1. The summed E-state index contributed by atoms with van der Waals surface area (Å²) >= 11 is 0. The Kier molecular flexibility index (Phi) is 2.20. The van der Waals surface area contributed by atoms with Gasteiger partial charge in [0.25, 0.3) is 0 Å². The lowest BCUT2D eigenvalue weighted by molar-refractivity contribution is 0.277. The Morgan fingerprint density at radius 2 is 2.00 bits per heavy atom. The van der Waals surface area contributed by atoms with Crippen molar-refractivity contribution in [2.75, 3.05) is 5.32 Å². The molecule has 1 N–H and O–H groups in total. The largest absolute Gasteiger partial charge is 0.379 e. The molecule has 16 heavy (non-hydrogen) atoms. The quantitative estimate of drug-likeness (QED) is 0.699. The summed E-state index contributed by atoms with van der Waals surface area (Å²) in [7, 11) is 0. The summed E-state index contributed by atoms with van der Waals surface area (Å²) in [5.74, 6) is -0.0909. The monoisotopic (exact) mass is 219 g/mol. The molecule has 0 saturated heterocycles. The SMILES string of the molecule is CC1Nc2c(F)cccc2C12CCCCC2. The van der Waals surface area contributed by atoms with E-state index in [4.69, 9.17) is 0 Å². The summed E-state index contributed by atoms with van der Waals surface area (Å²) in [5, 5.41) is 3.35. The highest BCUT2D eigenvalue weighted by atomic mass is 19.1. The molecule has 1 aliphatic heterocycles. The number of nitrogens with one attached hydrogen (secondary N) is 1. The third-order valence-electron chi connectivity index (χ3n) is 4.49. The summed E-state index contributed by atoms with van der Waals surface area (Å²) in [4.78, 5) is 0. The van der Waals surface area contributed by atoms with Crippen molar-refractivity contribution in [3.8, 4) is 0 Å². The van der Waals surface area contributed by atoms with E-state index >= 15 is 0 Å². The molecule has 2 aliphatic rings. The van der Waals surface area contributed by atoms with Crippen LogP contribution in [-0.2, 0) is 5.41 Å². The third-order valence-corrected chi connectivity index (χ3v) is 4.49. The molecule has 1 unspecified atom stereocenters. The average molecular weight is 219 g/mol. The van der Waals surface area contributed by atoms with E-state index in [1.165, 1.54) is 37.7 Å². The lowest BCUT2D eigenvalue weighted by atomic mass is 9.67. The Bertz CT molecular complexity index is 407. The molecule has 0 bridgehead atoms. The minimum Gasteiger partial charge on any atom is -0.379 e. The third kappa shape index (κ3) is 1.22. The van der Waals surface area contributed by atoms with Gasteiger partial charge in [-0.25, -0.2) is 4.39 Å². The number of rotatable bonds is 0. The highest BCUT2D eigenvalue weighted by Crippen LogP contribution is 2.50. The number of halogens is 1. The standard InChI is InChI=1S/C14H18FN/c1-10-14(8-3-2-4-9-14)11-6-5-7-12(15)13(11)16-10/h5-7,10,16H,2-4,8-9H2,1H3. The lowest BCUT2D eigenvalue weighted by Crippen LogP contribution is -2.38. The minimum absolute atomic E-state index is 0.0909. The van der Waals surface area contributed by atoms with Gasteiger partial charge < -0.3 is 5.32 Å². The number of fused-ring (bicyclic) bond motifs is 2. The van der Waals surface area contributed by atoms with Crippen LogP contribution in [0.25, 0.3) is 0 Å². The van der Waals surface area contributed by atoms with Gasteiger partial charge in [0.15, 0.2) is 0 Å². The van der Waals surface area contributed by atoms with E-state index in [1.54, 1.807) is 6.07 Å². The minimum atomic E-state index is -0.0909. The predicted molar refractivity (Wildman–Crippen MR) is 64.2 cm³/mol. The fraction of sp³-hybridized carbons (Fsp3) is 0.571. The molecule has 1 nitrogen and oxygen atoms in total. The molecule has 1 aromatic rings. The first-order valence-electron chi connectivity index (χ1n) is 6.29. The van der Waals surface area contributed by atoms with Gasteiger partial charge in [-0.1, -0.05) is 31.4 Å². The molecule has 1 aromatic carbocycles. The fourth-order valence-electron chi connectivity index (χ4n) is 3.56. The van der Waals surface area contributed by atoms with Gasteiger partial charge in [-0.2, -0.15) is 0 Å². The van der Waals surface area contributed by atoms with Crippen LogP contribution in [0.3, 0.4) is 0 Å². The zero-order chi connectivity index (χ0) is 11.2. The maximum Gasteiger partial charge on any atom is 0.146 e. The van der Waals surface area contributed by atoms with Crippen LogP contribution in [0, 0.1) is 5.82 Å². The van der Waals surface area contributed by atoms with Crippen molar-refractivity contribution < 1.29 is 4.39 Å². The van der Waals surface area contributed by atoms with Gasteiger partial charge in [0.05, 0.1) is 5.69 Å². The Morgan fingerprint density at radius 3 is 2.75 bits per heavy atom. The first-order valence-corrected chi connectivity index (χ1v) is 6.29. The molecule has 1 spiro atoms. The number of benzene rings is 1. The molecule has 1 aliphatic carbocycles. The second-order valence-electron chi connectivity index (χ2n) is 5.25. The van der Waals surface area contributed by atoms with Crippen molar-refractivity contribution in [3.63, 3.8) is 0 Å². The molecule has 0 radical (unpaired) electrons. The van der Waals surface area contributed by atoms with Crippen molar-refractivity contribution in [1.82, 2.24) is 0 Å². The van der Waals surface area contributed by atoms with Gasteiger partial charge in [0.2, 0.25) is 0 Å². The normalized spacial score (nSPS) is 26.5. The highest BCUT2D eigenvalue weighted by molar-refractivity contribution is 5.63. The maximum absolute atomic E-state index is 13.7. The zero-order valence-corrected chi connectivity index (χ0v) is 9.72. The van der Waals surface area contributed by atoms with Crippen molar-refractivity contribution in [1.29, 1.82) is 0 Å². The smallest absolute Gasteiger partial charge is 0.146 e. The van der Waals surface area contributed by atoms with Crippen molar-refractivity contribution in [3.05, 3.63) is 29.6 Å². The van der Waals surface area contributed by atoms with Crippen molar-refractivity contribution in [2.45, 2.75) is 50.5 Å². The molecular weight excluding hydrogens is 201 g/mol. The average Bonchev–Trinajstić information content (AvgIpc) is 2.57. The number of para-hydroxylation sites is 1. The molecule has 0 amide bonds. The summed E-state index contributed by atoms with van der Waals surface area (Å²) in [5.41, 5.74) is 2.19. The Balaban J connectivity index is 2.11. The maximum atomic E-state index is 13.7. The second-order valence-corrected chi connectivity index (χ2v) is 5.25. The van der Waals surface area contributed by atoms with Crippen LogP contribution in [-0.4, -0.2) is 6.04 Å². The van der Waals surface area contributed by atoms with Crippen LogP contribution in [0.2, 0.25) is 0 Å². The summed E-state index contributed by atoms with van der Waals surface area (Å²) in [6.45, 7) is 2.20. The van der Waals surface area contributed by atoms with E-state index in [0.717, 1.165) is 5.69 Å². The number of hydrogen-bond acceptors (Lipinski definition) is 1. The Labute approximate surface area is 96.1 Å². The second kappa shape index (κ2) is 3.47. The van der Waals surface area contributed by atoms with Gasteiger partial charge in [0.1, 0.15) is 5.82 Å². The van der Waals surface area contributed by atoms with Gasteiger partial charge in [-0.3, -0.25) is 0 Å². The Morgan fingerprint density at radius 1 is 1.25 bits per heavy atom. The first-order chi connectivity index (χ1) is 7.74. The van der Waals surface area contributed by atoms with Crippen LogP contribution in [0.15, 0.2) is 18.2 Å². The van der Waals surface area contributed by atoms with Gasteiger partial charge in [-0.15, -0.1) is 0 Å². The van der Waals surface area contributed by atoms with E-state index in [2.05, 4.69) is 18.3 Å². The number of anilines is 1.